The van der Waals surface area contributed by atoms with Crippen LogP contribution < -0.4 is 9.47 Å². The van der Waals surface area contributed by atoms with Crippen molar-refractivity contribution in [2.24, 2.45) is 5.92 Å². The summed E-state index contributed by atoms with van der Waals surface area (Å²) in [6, 6.07) is 5.44. The van der Waals surface area contributed by atoms with Gasteiger partial charge in [-0.3, -0.25) is 9.69 Å². The highest BCUT2D eigenvalue weighted by Gasteiger charge is 2.24. The molecule has 1 saturated heterocycles. The number of nitrogens with zero attached hydrogens (tertiary/aromatic N) is 1. The van der Waals surface area contributed by atoms with Gasteiger partial charge in [0.2, 0.25) is 6.79 Å². The third kappa shape index (κ3) is 2.80. The average Bonchev–Trinajstić information content (AvgIpc) is 3.07. The van der Waals surface area contributed by atoms with Crippen LogP contribution in [0.2, 0.25) is 0 Å². The normalized spacial score (nSPS) is 21.4. The molecule has 1 aromatic rings. The van der Waals surface area contributed by atoms with Crippen LogP contribution in [0.1, 0.15) is 36.5 Å². The molecule has 108 valence electrons. The number of fused-ring (bicyclic) bond motifs is 1. The van der Waals surface area contributed by atoms with Gasteiger partial charge in [0.05, 0.1) is 6.54 Å². The van der Waals surface area contributed by atoms with Gasteiger partial charge in [0.25, 0.3) is 0 Å². The molecule has 3 rings (SSSR count). The second kappa shape index (κ2) is 5.83. The fourth-order valence-corrected chi connectivity index (χ4v) is 3.06. The van der Waals surface area contributed by atoms with Crippen molar-refractivity contribution < 1.29 is 14.3 Å². The van der Waals surface area contributed by atoms with Crippen molar-refractivity contribution in [3.8, 4) is 11.5 Å². The zero-order chi connectivity index (χ0) is 13.9. The lowest BCUT2D eigenvalue weighted by atomic mass is 10.0. The lowest BCUT2D eigenvalue weighted by molar-refractivity contribution is 0.0942. The number of ether oxygens (including phenoxy) is 2. The zero-order valence-corrected chi connectivity index (χ0v) is 11.9. The van der Waals surface area contributed by atoms with E-state index in [9.17, 15) is 4.79 Å². The van der Waals surface area contributed by atoms with Gasteiger partial charge in [-0.05, 0) is 43.5 Å². The van der Waals surface area contributed by atoms with Crippen LogP contribution in [0.5, 0.6) is 11.5 Å². The van der Waals surface area contributed by atoms with Crippen molar-refractivity contribution in [1.29, 1.82) is 0 Å². The zero-order valence-electron chi connectivity index (χ0n) is 11.9. The second-order valence-corrected chi connectivity index (χ2v) is 5.67. The molecular weight excluding hydrogens is 254 g/mol. The van der Waals surface area contributed by atoms with Crippen LogP contribution >= 0.6 is 0 Å². The highest BCUT2D eigenvalue weighted by Crippen LogP contribution is 2.32. The number of rotatable bonds is 5. The molecule has 2 heterocycles. The van der Waals surface area contributed by atoms with Crippen LogP contribution in [0.3, 0.4) is 0 Å². The van der Waals surface area contributed by atoms with Gasteiger partial charge in [0, 0.05) is 12.1 Å². The summed E-state index contributed by atoms with van der Waals surface area (Å²) in [6.45, 7) is 5.09. The molecule has 1 unspecified atom stereocenters. The van der Waals surface area contributed by atoms with Gasteiger partial charge in [-0.2, -0.15) is 0 Å². The van der Waals surface area contributed by atoms with E-state index in [0.717, 1.165) is 24.8 Å². The first-order chi connectivity index (χ1) is 9.76. The molecule has 20 heavy (non-hydrogen) atoms. The number of hydrogen-bond donors (Lipinski definition) is 0. The molecule has 0 bridgehead atoms. The Morgan fingerprint density at radius 1 is 1.35 bits per heavy atom. The van der Waals surface area contributed by atoms with E-state index < -0.39 is 0 Å². The van der Waals surface area contributed by atoms with Crippen LogP contribution in [-0.2, 0) is 0 Å². The first kappa shape index (κ1) is 13.4. The number of ketones is 1. The minimum absolute atomic E-state index is 0.167. The summed E-state index contributed by atoms with van der Waals surface area (Å²) >= 11 is 0. The number of benzene rings is 1. The lowest BCUT2D eigenvalue weighted by Gasteiger charge is -2.15. The quantitative estimate of drug-likeness (QED) is 0.775. The maximum Gasteiger partial charge on any atom is 0.231 e. The van der Waals surface area contributed by atoms with Crippen LogP contribution in [0, 0.1) is 5.92 Å². The van der Waals surface area contributed by atoms with Crippen molar-refractivity contribution in [3.63, 3.8) is 0 Å². The van der Waals surface area contributed by atoms with Crippen LogP contribution in [0.25, 0.3) is 0 Å². The Hall–Kier alpha value is -1.55. The number of hydrogen-bond acceptors (Lipinski definition) is 4. The molecule has 0 aliphatic carbocycles. The summed E-state index contributed by atoms with van der Waals surface area (Å²) in [5.74, 6) is 2.34. The first-order valence-electron chi connectivity index (χ1n) is 7.41. The van der Waals surface area contributed by atoms with Crippen molar-refractivity contribution in [3.05, 3.63) is 23.8 Å². The number of carbonyl (C=O) groups is 1. The molecule has 0 radical (unpaired) electrons. The fraction of sp³-hybridized carbons (Fsp3) is 0.562. The molecule has 1 atom stereocenters. The van der Waals surface area contributed by atoms with Crippen molar-refractivity contribution >= 4 is 5.78 Å². The number of Topliss-reactive ketones (excluding diaryl/α,β-unsaturated/α-hetero) is 1. The third-order valence-corrected chi connectivity index (χ3v) is 4.13. The Bertz CT molecular complexity index is 500. The van der Waals surface area contributed by atoms with Gasteiger partial charge in [-0.25, -0.2) is 0 Å². The van der Waals surface area contributed by atoms with E-state index in [4.69, 9.17) is 9.47 Å². The van der Waals surface area contributed by atoms with E-state index in [1.807, 2.05) is 12.1 Å². The number of likely N-dealkylation sites (tertiary alicyclic amines) is 1. The third-order valence-electron chi connectivity index (χ3n) is 4.13. The maximum absolute atomic E-state index is 12.3. The van der Waals surface area contributed by atoms with Crippen LogP contribution in [0.15, 0.2) is 18.2 Å². The topological polar surface area (TPSA) is 38.8 Å². The van der Waals surface area contributed by atoms with E-state index in [-0.39, 0.29) is 12.6 Å². The molecular formula is C16H21NO3. The van der Waals surface area contributed by atoms with Gasteiger partial charge >= 0.3 is 0 Å². The molecule has 0 saturated carbocycles. The standard InChI is InChI=1S/C16H21NO3/c1-2-3-12-6-7-17(9-12)10-14(18)13-4-5-15-16(8-13)20-11-19-15/h4-5,8,12H,2-3,6-7,9-11H2,1H3. The predicted molar refractivity (Wildman–Crippen MR) is 76.4 cm³/mol. The molecule has 0 N–H and O–H groups in total. The summed E-state index contributed by atoms with van der Waals surface area (Å²) < 4.78 is 10.6. The molecule has 4 nitrogen and oxygen atoms in total. The Morgan fingerprint density at radius 3 is 3.05 bits per heavy atom. The number of carbonyl (C=O) groups excluding carboxylic acids is 1. The summed E-state index contributed by atoms with van der Waals surface area (Å²) in [7, 11) is 0. The van der Waals surface area contributed by atoms with E-state index in [2.05, 4.69) is 11.8 Å². The van der Waals surface area contributed by atoms with Crippen LogP contribution in [-0.4, -0.2) is 37.1 Å². The van der Waals surface area contributed by atoms with Gasteiger partial charge in [-0.1, -0.05) is 13.3 Å². The van der Waals surface area contributed by atoms with Crippen molar-refractivity contribution in [2.75, 3.05) is 26.4 Å². The summed E-state index contributed by atoms with van der Waals surface area (Å²) in [4.78, 5) is 14.6. The first-order valence-corrected chi connectivity index (χ1v) is 7.41. The fourth-order valence-electron chi connectivity index (χ4n) is 3.06. The summed E-state index contributed by atoms with van der Waals surface area (Å²) in [6.07, 6.45) is 3.73. The summed E-state index contributed by atoms with van der Waals surface area (Å²) in [5, 5.41) is 0. The molecule has 2 aliphatic rings. The van der Waals surface area contributed by atoms with E-state index >= 15 is 0 Å². The minimum Gasteiger partial charge on any atom is -0.454 e. The van der Waals surface area contributed by atoms with Crippen molar-refractivity contribution in [2.45, 2.75) is 26.2 Å². The molecule has 2 aliphatic heterocycles. The Kier molecular flexibility index (Phi) is 3.92. The Morgan fingerprint density at radius 2 is 2.20 bits per heavy atom. The van der Waals surface area contributed by atoms with Gasteiger partial charge < -0.3 is 9.47 Å². The highest BCUT2D eigenvalue weighted by atomic mass is 16.7. The second-order valence-electron chi connectivity index (χ2n) is 5.67. The Balaban J connectivity index is 1.60. The van der Waals surface area contributed by atoms with E-state index in [0.29, 0.717) is 17.9 Å². The lowest BCUT2D eigenvalue weighted by Crippen LogP contribution is -2.27. The maximum atomic E-state index is 12.3. The molecule has 0 amide bonds. The SMILES string of the molecule is CCCC1CCN(CC(=O)c2ccc3c(c2)OCO3)C1. The molecule has 0 aromatic heterocycles. The monoisotopic (exact) mass is 275 g/mol. The van der Waals surface area contributed by atoms with E-state index in [1.54, 1.807) is 6.07 Å². The average molecular weight is 275 g/mol. The minimum atomic E-state index is 0.167. The molecule has 0 spiro atoms. The van der Waals surface area contributed by atoms with Crippen molar-refractivity contribution in [1.82, 2.24) is 4.90 Å². The van der Waals surface area contributed by atoms with Gasteiger partial charge in [0.15, 0.2) is 17.3 Å². The predicted octanol–water partition coefficient (Wildman–Crippen LogP) is 2.72. The Labute approximate surface area is 119 Å². The van der Waals surface area contributed by atoms with E-state index in [1.165, 1.54) is 19.3 Å². The van der Waals surface area contributed by atoms with Gasteiger partial charge in [0.1, 0.15) is 0 Å². The highest BCUT2D eigenvalue weighted by molar-refractivity contribution is 5.98. The largest absolute Gasteiger partial charge is 0.454 e. The molecule has 1 fully saturated rings. The van der Waals surface area contributed by atoms with Crippen LogP contribution in [0.4, 0.5) is 0 Å². The van der Waals surface area contributed by atoms with Gasteiger partial charge in [-0.15, -0.1) is 0 Å². The summed E-state index contributed by atoms with van der Waals surface area (Å²) in [5.41, 5.74) is 0.716. The molecule has 4 heteroatoms. The smallest absolute Gasteiger partial charge is 0.231 e. The molecule has 1 aromatic carbocycles.